The van der Waals surface area contributed by atoms with Crippen molar-refractivity contribution in [2.24, 2.45) is 0 Å². The molecule has 3 aromatic heterocycles. The highest BCUT2D eigenvalue weighted by Crippen LogP contribution is 2.45. The Balaban J connectivity index is 1.41. The fraction of sp³-hybridized carbons (Fsp3) is 0.213. The van der Waals surface area contributed by atoms with Gasteiger partial charge in [-0.3, -0.25) is 4.57 Å². The van der Waals surface area contributed by atoms with Crippen LogP contribution in [-0.4, -0.2) is 9.55 Å². The van der Waals surface area contributed by atoms with Gasteiger partial charge in [0.25, 0.3) is 0 Å². The van der Waals surface area contributed by atoms with E-state index in [0.29, 0.717) is 0 Å². The molecule has 0 atom stereocenters. The van der Waals surface area contributed by atoms with Crippen LogP contribution in [0.1, 0.15) is 77.0 Å². The van der Waals surface area contributed by atoms with Crippen molar-refractivity contribution >= 4 is 54.9 Å². The molecule has 0 saturated carbocycles. The Labute approximate surface area is 298 Å². The highest BCUT2D eigenvalue weighted by Gasteiger charge is 2.27. The van der Waals surface area contributed by atoms with Gasteiger partial charge >= 0.3 is 0 Å². The van der Waals surface area contributed by atoms with Crippen LogP contribution in [0.4, 0.5) is 0 Å². The third-order valence-corrected chi connectivity index (χ3v) is 10.5. The number of nitrogens with zero attached hydrogens (tertiary/aromatic N) is 2. The van der Waals surface area contributed by atoms with Crippen LogP contribution in [0.15, 0.2) is 124 Å². The first-order valence-corrected chi connectivity index (χ1v) is 18.1. The lowest BCUT2D eigenvalue weighted by Gasteiger charge is -2.25. The Hall–Kier alpha value is -5.61. The third-order valence-electron chi connectivity index (χ3n) is 10.5. The third kappa shape index (κ3) is 4.92. The maximum absolute atomic E-state index is 7.00. The number of hydrogen-bond donors (Lipinski definition) is 0. The summed E-state index contributed by atoms with van der Waals surface area (Å²) >= 11 is 0. The highest BCUT2D eigenvalue weighted by atomic mass is 16.3. The first-order chi connectivity index (χ1) is 24.6. The second-order valence-corrected chi connectivity index (χ2v) is 15.6. The average Bonchev–Trinajstić information content (AvgIpc) is 3.81. The van der Waals surface area contributed by atoms with Crippen molar-refractivity contribution in [1.29, 1.82) is 0 Å². The van der Waals surface area contributed by atoms with Gasteiger partial charge in [0.1, 0.15) is 28.2 Å². The molecule has 0 saturated heterocycles. The minimum absolute atomic E-state index is 0.0279. The number of aromatic nitrogens is 2. The summed E-state index contributed by atoms with van der Waals surface area (Å²) in [4.78, 5) is 5.47. The van der Waals surface area contributed by atoms with Gasteiger partial charge in [0.15, 0.2) is 0 Å². The van der Waals surface area contributed by atoms with Crippen molar-refractivity contribution < 1.29 is 8.83 Å². The van der Waals surface area contributed by atoms with E-state index in [1.165, 1.54) is 33.5 Å². The molecular formula is C47H42N2O2. The molecular weight excluding hydrogens is 625 g/mol. The summed E-state index contributed by atoms with van der Waals surface area (Å²) in [6, 6.07) is 41.2. The van der Waals surface area contributed by atoms with Gasteiger partial charge in [-0.25, -0.2) is 4.98 Å². The molecule has 51 heavy (non-hydrogen) atoms. The summed E-state index contributed by atoms with van der Waals surface area (Å²) in [6.07, 6.45) is 0. The summed E-state index contributed by atoms with van der Waals surface area (Å²) in [5, 5.41) is 4.20. The Morgan fingerprint density at radius 1 is 0.588 bits per heavy atom. The van der Waals surface area contributed by atoms with Gasteiger partial charge in [0.2, 0.25) is 0 Å². The van der Waals surface area contributed by atoms with E-state index in [0.717, 1.165) is 66.3 Å². The topological polar surface area (TPSA) is 44.1 Å². The summed E-state index contributed by atoms with van der Waals surface area (Å²) < 4.78 is 15.7. The number of furan rings is 2. The zero-order valence-corrected chi connectivity index (χ0v) is 30.3. The van der Waals surface area contributed by atoms with Crippen LogP contribution in [0.5, 0.6) is 0 Å². The van der Waals surface area contributed by atoms with Gasteiger partial charge in [-0.15, -0.1) is 0 Å². The van der Waals surface area contributed by atoms with Crippen LogP contribution in [0.25, 0.3) is 83.1 Å². The molecule has 0 spiro atoms. The number of rotatable bonds is 5. The van der Waals surface area contributed by atoms with Gasteiger partial charge in [-0.05, 0) is 93.6 Å². The maximum Gasteiger partial charge on any atom is 0.149 e. The van der Waals surface area contributed by atoms with E-state index < -0.39 is 0 Å². The molecule has 0 amide bonds. The predicted molar refractivity (Wildman–Crippen MR) is 213 cm³/mol. The molecule has 0 aliphatic carbocycles. The summed E-state index contributed by atoms with van der Waals surface area (Å²) in [7, 11) is 0. The highest BCUT2D eigenvalue weighted by molar-refractivity contribution is 6.23. The van der Waals surface area contributed by atoms with Gasteiger partial charge in [0.05, 0.1) is 27.7 Å². The predicted octanol–water partition coefficient (Wildman–Crippen LogP) is 13.7. The first kappa shape index (κ1) is 31.4. The van der Waals surface area contributed by atoms with E-state index in [-0.39, 0.29) is 17.3 Å². The number of hydrogen-bond acceptors (Lipinski definition) is 3. The Kier molecular flexibility index (Phi) is 7.05. The molecule has 0 bridgehead atoms. The van der Waals surface area contributed by atoms with Crippen LogP contribution < -0.4 is 0 Å². The van der Waals surface area contributed by atoms with Gasteiger partial charge in [-0.2, -0.15) is 0 Å². The summed E-state index contributed by atoms with van der Waals surface area (Å²) in [5.41, 5.74) is 13.9. The largest absolute Gasteiger partial charge is 0.456 e. The lowest BCUT2D eigenvalue weighted by atomic mass is 9.86. The molecule has 0 N–H and O–H groups in total. The standard InChI is InChI=1S/C47H42N2O2/c1-27(2)36-24-30(29-14-9-8-10-15-29)25-37(28(3)4)43(36)49-39-26-31(47(5,6)7)20-22-38(39)48-46(49)35-18-13-17-32-33-21-23-41-42(45(33)51-44(32)35)34-16-11-12-19-40(34)50-41/h8-28H,1-7H3. The Morgan fingerprint density at radius 2 is 1.27 bits per heavy atom. The minimum Gasteiger partial charge on any atom is -0.456 e. The lowest BCUT2D eigenvalue weighted by molar-refractivity contribution is 0.591. The lowest BCUT2D eigenvalue weighted by Crippen LogP contribution is -2.12. The molecule has 3 heterocycles. The molecule has 0 aliphatic rings. The van der Waals surface area contributed by atoms with Crippen molar-refractivity contribution in [1.82, 2.24) is 9.55 Å². The smallest absolute Gasteiger partial charge is 0.149 e. The van der Waals surface area contributed by atoms with E-state index in [1.807, 2.05) is 12.1 Å². The van der Waals surface area contributed by atoms with Gasteiger partial charge < -0.3 is 8.83 Å². The van der Waals surface area contributed by atoms with Crippen molar-refractivity contribution in [2.75, 3.05) is 0 Å². The molecule has 9 rings (SSSR count). The average molecular weight is 667 g/mol. The quantitative estimate of drug-likeness (QED) is 0.184. The Morgan fingerprint density at radius 3 is 2.00 bits per heavy atom. The molecule has 0 fully saturated rings. The SMILES string of the molecule is CC(C)c1cc(-c2ccccc2)cc(C(C)C)c1-n1c(-c2cccc3c2oc2c3ccc3oc4ccccc4c32)nc2ccc(C(C)(C)C)cc21. The maximum atomic E-state index is 7.00. The molecule has 4 heteroatoms. The fourth-order valence-electron chi connectivity index (χ4n) is 7.81. The molecule has 6 aromatic carbocycles. The monoisotopic (exact) mass is 666 g/mol. The number of benzene rings is 6. The number of para-hydroxylation sites is 2. The van der Waals surface area contributed by atoms with E-state index in [2.05, 4.69) is 156 Å². The second kappa shape index (κ2) is 11.5. The van der Waals surface area contributed by atoms with Crippen LogP contribution >= 0.6 is 0 Å². The second-order valence-electron chi connectivity index (χ2n) is 15.6. The number of fused-ring (bicyclic) bond motifs is 8. The van der Waals surface area contributed by atoms with Crippen molar-refractivity contribution in [3.8, 4) is 28.2 Å². The van der Waals surface area contributed by atoms with Gasteiger partial charge in [0, 0.05) is 16.2 Å². The molecule has 0 unspecified atom stereocenters. The first-order valence-electron chi connectivity index (χ1n) is 18.1. The van der Waals surface area contributed by atoms with Crippen LogP contribution in [-0.2, 0) is 5.41 Å². The van der Waals surface area contributed by atoms with E-state index in [4.69, 9.17) is 13.8 Å². The molecule has 0 aliphatic heterocycles. The van der Waals surface area contributed by atoms with E-state index >= 15 is 0 Å². The molecule has 4 nitrogen and oxygen atoms in total. The fourth-order valence-corrected chi connectivity index (χ4v) is 7.81. The molecule has 9 aromatic rings. The molecule has 252 valence electrons. The van der Waals surface area contributed by atoms with Crippen LogP contribution in [0, 0.1) is 0 Å². The van der Waals surface area contributed by atoms with Crippen molar-refractivity contribution in [3.63, 3.8) is 0 Å². The minimum atomic E-state index is -0.0279. The van der Waals surface area contributed by atoms with E-state index in [9.17, 15) is 0 Å². The summed E-state index contributed by atoms with van der Waals surface area (Å²) in [6.45, 7) is 16.0. The van der Waals surface area contributed by atoms with Crippen molar-refractivity contribution in [2.45, 2.75) is 65.7 Å². The molecule has 0 radical (unpaired) electrons. The zero-order valence-electron chi connectivity index (χ0n) is 30.3. The Bertz CT molecular complexity index is 2750. The normalized spacial score (nSPS) is 12.6. The van der Waals surface area contributed by atoms with Crippen LogP contribution in [0.3, 0.4) is 0 Å². The van der Waals surface area contributed by atoms with Gasteiger partial charge in [-0.1, -0.05) is 115 Å². The van der Waals surface area contributed by atoms with Crippen molar-refractivity contribution in [3.05, 3.63) is 132 Å². The zero-order chi connectivity index (χ0) is 35.2. The summed E-state index contributed by atoms with van der Waals surface area (Å²) in [5.74, 6) is 1.41. The van der Waals surface area contributed by atoms with E-state index in [1.54, 1.807) is 0 Å². The van der Waals surface area contributed by atoms with Crippen LogP contribution in [0.2, 0.25) is 0 Å². The number of imidazole rings is 1.